The number of nitrogens with one attached hydrogen (secondary N) is 1. The highest BCUT2D eigenvalue weighted by Gasteiger charge is 2.22. The summed E-state index contributed by atoms with van der Waals surface area (Å²) in [5.74, 6) is 1.17. The number of fused-ring (bicyclic) bond motifs is 1. The first-order chi connectivity index (χ1) is 12.1. The van der Waals surface area contributed by atoms with Gasteiger partial charge in [0.1, 0.15) is 5.75 Å². The molecule has 0 aromatic heterocycles. The Balaban J connectivity index is 1.63. The second kappa shape index (κ2) is 7.12. The highest BCUT2D eigenvalue weighted by Crippen LogP contribution is 2.33. The van der Waals surface area contributed by atoms with E-state index >= 15 is 0 Å². The molecular weight excluding hydrogens is 324 g/mol. The van der Waals surface area contributed by atoms with E-state index in [1.807, 2.05) is 6.07 Å². The fourth-order valence-electron chi connectivity index (χ4n) is 2.43. The minimum absolute atomic E-state index is 0.0161. The number of amides is 2. The molecule has 0 bridgehead atoms. The number of anilines is 2. The Morgan fingerprint density at radius 3 is 2.76 bits per heavy atom. The third kappa shape index (κ3) is 3.65. The van der Waals surface area contributed by atoms with Crippen LogP contribution in [0.1, 0.15) is 0 Å². The molecule has 0 spiro atoms. The lowest BCUT2D eigenvalue weighted by molar-refractivity contribution is -0.121. The van der Waals surface area contributed by atoms with E-state index in [9.17, 15) is 9.59 Å². The maximum Gasteiger partial charge on any atom is 0.264 e. The van der Waals surface area contributed by atoms with Crippen LogP contribution in [0.25, 0.3) is 0 Å². The van der Waals surface area contributed by atoms with E-state index in [-0.39, 0.29) is 25.0 Å². The molecule has 0 radical (unpaired) electrons. The standard InChI is InChI=1S/C18H18N2O5/c1-20-13-8-7-12(9-16(13)25-11-18(20)22)19-17(21)10-24-15-6-4-3-5-14(15)23-2/h3-9H,10-11H2,1-2H3,(H,19,21). The molecule has 0 aliphatic carbocycles. The molecule has 1 N–H and O–H groups in total. The number of carbonyl (C=O) groups excluding carboxylic acids is 2. The van der Waals surface area contributed by atoms with Crippen LogP contribution >= 0.6 is 0 Å². The summed E-state index contributed by atoms with van der Waals surface area (Å²) in [5.41, 5.74) is 1.23. The van der Waals surface area contributed by atoms with Crippen LogP contribution < -0.4 is 24.4 Å². The lowest BCUT2D eigenvalue weighted by atomic mass is 10.2. The van der Waals surface area contributed by atoms with Crippen LogP contribution in [-0.2, 0) is 9.59 Å². The van der Waals surface area contributed by atoms with Crippen LogP contribution in [0.15, 0.2) is 42.5 Å². The first-order valence-electron chi connectivity index (χ1n) is 7.67. The fraction of sp³-hybridized carbons (Fsp3) is 0.222. The summed E-state index contributed by atoms with van der Waals surface area (Å²) >= 11 is 0. The summed E-state index contributed by atoms with van der Waals surface area (Å²) in [6, 6.07) is 12.2. The molecule has 3 rings (SSSR count). The average molecular weight is 342 g/mol. The predicted molar refractivity (Wildman–Crippen MR) is 92.5 cm³/mol. The number of para-hydroxylation sites is 2. The van der Waals surface area contributed by atoms with Gasteiger partial charge in [-0.3, -0.25) is 9.59 Å². The molecule has 0 unspecified atom stereocenters. The normalized spacial score (nSPS) is 12.9. The van der Waals surface area contributed by atoms with Crippen molar-refractivity contribution < 1.29 is 23.8 Å². The smallest absolute Gasteiger partial charge is 0.264 e. The highest BCUT2D eigenvalue weighted by molar-refractivity contribution is 5.98. The van der Waals surface area contributed by atoms with Gasteiger partial charge >= 0.3 is 0 Å². The predicted octanol–water partition coefficient (Wildman–Crippen LogP) is 2.07. The monoisotopic (exact) mass is 342 g/mol. The van der Waals surface area contributed by atoms with Crippen LogP contribution in [0.4, 0.5) is 11.4 Å². The number of nitrogens with zero attached hydrogens (tertiary/aromatic N) is 1. The van der Waals surface area contributed by atoms with Crippen molar-refractivity contribution in [2.24, 2.45) is 0 Å². The van der Waals surface area contributed by atoms with Crippen LogP contribution in [0.2, 0.25) is 0 Å². The highest BCUT2D eigenvalue weighted by atomic mass is 16.5. The van der Waals surface area contributed by atoms with Crippen LogP contribution in [-0.4, -0.2) is 39.2 Å². The topological polar surface area (TPSA) is 77.1 Å². The molecule has 2 aromatic carbocycles. The van der Waals surface area contributed by atoms with Gasteiger partial charge in [-0.1, -0.05) is 12.1 Å². The number of carbonyl (C=O) groups is 2. The maximum atomic E-state index is 12.1. The number of likely N-dealkylation sites (N-methyl/N-ethyl adjacent to an activating group) is 1. The fourth-order valence-corrected chi connectivity index (χ4v) is 2.43. The number of benzene rings is 2. The molecule has 2 amide bonds. The van der Waals surface area contributed by atoms with Crippen molar-refractivity contribution in [1.29, 1.82) is 0 Å². The van der Waals surface area contributed by atoms with Crippen molar-refractivity contribution in [1.82, 2.24) is 0 Å². The molecule has 0 saturated carbocycles. The molecule has 1 aliphatic heterocycles. The van der Waals surface area contributed by atoms with E-state index < -0.39 is 0 Å². The van der Waals surface area contributed by atoms with Gasteiger partial charge < -0.3 is 24.4 Å². The number of hydrogen-bond acceptors (Lipinski definition) is 5. The zero-order valence-electron chi connectivity index (χ0n) is 13.9. The second-order valence-electron chi connectivity index (χ2n) is 5.41. The minimum Gasteiger partial charge on any atom is -0.493 e. The molecular formula is C18H18N2O5. The molecule has 1 heterocycles. The van der Waals surface area contributed by atoms with E-state index in [1.54, 1.807) is 43.4 Å². The number of rotatable bonds is 5. The Morgan fingerprint density at radius 1 is 1.24 bits per heavy atom. The molecule has 0 atom stereocenters. The van der Waals surface area contributed by atoms with E-state index in [0.29, 0.717) is 28.6 Å². The zero-order valence-corrected chi connectivity index (χ0v) is 13.9. The molecule has 2 aromatic rings. The Labute approximate surface area is 145 Å². The Kier molecular flexibility index (Phi) is 4.74. The van der Waals surface area contributed by atoms with Gasteiger partial charge in [-0.15, -0.1) is 0 Å². The summed E-state index contributed by atoms with van der Waals surface area (Å²) in [6.07, 6.45) is 0. The van der Waals surface area contributed by atoms with Crippen molar-refractivity contribution in [3.8, 4) is 17.2 Å². The molecule has 25 heavy (non-hydrogen) atoms. The Hall–Kier alpha value is -3.22. The summed E-state index contributed by atoms with van der Waals surface area (Å²) < 4.78 is 16.1. The quantitative estimate of drug-likeness (QED) is 0.900. The van der Waals surface area contributed by atoms with E-state index in [0.717, 1.165) is 0 Å². The summed E-state index contributed by atoms with van der Waals surface area (Å²) in [6.45, 7) is -0.172. The first-order valence-corrected chi connectivity index (χ1v) is 7.67. The van der Waals surface area contributed by atoms with E-state index in [1.165, 1.54) is 12.0 Å². The number of ether oxygens (including phenoxy) is 3. The Morgan fingerprint density at radius 2 is 2.00 bits per heavy atom. The minimum atomic E-state index is -0.314. The molecule has 7 heteroatoms. The van der Waals surface area contributed by atoms with Crippen molar-refractivity contribution in [3.63, 3.8) is 0 Å². The lowest BCUT2D eigenvalue weighted by Crippen LogP contribution is -2.35. The van der Waals surface area contributed by atoms with Crippen LogP contribution in [0.5, 0.6) is 17.2 Å². The van der Waals surface area contributed by atoms with Crippen LogP contribution in [0.3, 0.4) is 0 Å². The maximum absolute atomic E-state index is 12.1. The zero-order chi connectivity index (χ0) is 17.8. The largest absolute Gasteiger partial charge is 0.493 e. The molecule has 130 valence electrons. The van der Waals surface area contributed by atoms with Crippen molar-refractivity contribution in [2.45, 2.75) is 0 Å². The Bertz CT molecular complexity index is 806. The van der Waals surface area contributed by atoms with Crippen molar-refractivity contribution in [3.05, 3.63) is 42.5 Å². The lowest BCUT2D eigenvalue weighted by Gasteiger charge is -2.26. The van der Waals surface area contributed by atoms with Gasteiger partial charge in [0.05, 0.1) is 12.8 Å². The van der Waals surface area contributed by atoms with Gasteiger partial charge in [0.25, 0.3) is 11.8 Å². The summed E-state index contributed by atoms with van der Waals surface area (Å²) in [5, 5.41) is 2.74. The van der Waals surface area contributed by atoms with Gasteiger partial charge in [0.15, 0.2) is 24.7 Å². The summed E-state index contributed by atoms with van der Waals surface area (Å²) in [4.78, 5) is 25.2. The van der Waals surface area contributed by atoms with Gasteiger partial charge in [-0.25, -0.2) is 0 Å². The summed E-state index contributed by atoms with van der Waals surface area (Å²) in [7, 11) is 3.22. The van der Waals surface area contributed by atoms with Gasteiger partial charge in [0.2, 0.25) is 0 Å². The number of methoxy groups -OCH3 is 1. The average Bonchev–Trinajstić information content (AvgIpc) is 2.63. The second-order valence-corrected chi connectivity index (χ2v) is 5.41. The van der Waals surface area contributed by atoms with Crippen LogP contribution in [0, 0.1) is 0 Å². The third-order valence-electron chi connectivity index (χ3n) is 3.76. The van der Waals surface area contributed by atoms with E-state index in [4.69, 9.17) is 14.2 Å². The van der Waals surface area contributed by atoms with Crippen molar-refractivity contribution >= 4 is 23.2 Å². The first kappa shape index (κ1) is 16.6. The number of hydrogen-bond donors (Lipinski definition) is 1. The SMILES string of the molecule is COc1ccccc1OCC(=O)Nc1ccc2c(c1)OCC(=O)N2C. The van der Waals surface area contributed by atoms with Gasteiger partial charge in [0, 0.05) is 18.8 Å². The molecule has 1 aliphatic rings. The van der Waals surface area contributed by atoms with Crippen molar-refractivity contribution in [2.75, 3.05) is 37.6 Å². The van der Waals surface area contributed by atoms with E-state index in [2.05, 4.69) is 5.32 Å². The molecule has 0 saturated heterocycles. The van der Waals surface area contributed by atoms with Gasteiger partial charge in [-0.2, -0.15) is 0 Å². The molecule has 0 fully saturated rings. The third-order valence-corrected chi connectivity index (χ3v) is 3.76. The van der Waals surface area contributed by atoms with Gasteiger partial charge in [-0.05, 0) is 24.3 Å². The molecule has 7 nitrogen and oxygen atoms in total.